The molecule has 2 heterocycles. The van der Waals surface area contributed by atoms with Crippen molar-refractivity contribution in [2.45, 2.75) is 71.3 Å². The van der Waals surface area contributed by atoms with E-state index in [1.165, 1.54) is 30.7 Å². The van der Waals surface area contributed by atoms with Crippen LogP contribution in [0, 0.1) is 11.3 Å². The third-order valence-corrected chi connectivity index (χ3v) is 8.64. The minimum absolute atomic E-state index is 0.0364. The molecule has 5 N–H and O–H groups in total. The number of phenols is 1. The Morgan fingerprint density at radius 3 is 2.72 bits per heavy atom. The number of carbonyl (C=O) groups is 2. The van der Waals surface area contributed by atoms with Gasteiger partial charge in [0, 0.05) is 38.7 Å². The van der Waals surface area contributed by atoms with Crippen LogP contribution < -0.4 is 15.8 Å². The quantitative estimate of drug-likeness (QED) is 0.200. The predicted molar refractivity (Wildman–Crippen MR) is 168 cm³/mol. The first-order valence-electron chi connectivity index (χ1n) is 15.1. The third-order valence-electron chi connectivity index (χ3n) is 8.64. The van der Waals surface area contributed by atoms with E-state index in [-0.39, 0.29) is 35.3 Å². The molecular weight excluding hydrogens is 542 g/mol. The fraction of sp³-hybridized carbons (Fsp3) is 0.429. The molecule has 0 saturated heterocycles. The number of ketones is 1. The lowest BCUT2D eigenvalue weighted by molar-refractivity contribution is -0.148. The number of nitrogens with one attached hydrogen (secondary N) is 2. The van der Waals surface area contributed by atoms with Gasteiger partial charge in [-0.15, -0.1) is 0 Å². The predicted octanol–water partition coefficient (Wildman–Crippen LogP) is 5.59. The van der Waals surface area contributed by atoms with E-state index < -0.39 is 6.10 Å². The summed E-state index contributed by atoms with van der Waals surface area (Å²) < 4.78 is 10.9. The number of H-pyrrole nitrogens is 1. The molecule has 3 atom stereocenters. The molecule has 2 aliphatic rings. The molecule has 1 aromatic heterocycles. The number of aromatic nitrogens is 1. The van der Waals surface area contributed by atoms with E-state index in [1.807, 2.05) is 6.08 Å². The molecule has 1 aromatic carbocycles. The number of carbonyl (C=O) groups excluding carboxylic acids is 2. The Hall–Kier alpha value is -4.20. The van der Waals surface area contributed by atoms with Crippen LogP contribution in [0.15, 0.2) is 78.4 Å². The van der Waals surface area contributed by atoms with Crippen molar-refractivity contribution in [1.82, 2.24) is 10.3 Å². The summed E-state index contributed by atoms with van der Waals surface area (Å²) in [7, 11) is 1.50. The summed E-state index contributed by atoms with van der Waals surface area (Å²) in [6, 6.07) is 5.10. The number of hydrogen-bond donors (Lipinski definition) is 4. The first-order valence-corrected chi connectivity index (χ1v) is 15.1. The van der Waals surface area contributed by atoms with Crippen LogP contribution in [-0.2, 0) is 33.6 Å². The Labute approximate surface area is 254 Å². The van der Waals surface area contributed by atoms with Crippen molar-refractivity contribution in [3.8, 4) is 11.5 Å². The summed E-state index contributed by atoms with van der Waals surface area (Å²) in [6.07, 6.45) is 21.7. The zero-order valence-electron chi connectivity index (χ0n) is 25.5. The van der Waals surface area contributed by atoms with Crippen molar-refractivity contribution in [2.75, 3.05) is 13.7 Å². The van der Waals surface area contributed by atoms with Gasteiger partial charge in [-0.2, -0.15) is 0 Å². The lowest BCUT2D eigenvalue weighted by Gasteiger charge is -2.38. The summed E-state index contributed by atoms with van der Waals surface area (Å²) in [5.41, 5.74) is 10.5. The number of aromatic amines is 1. The van der Waals surface area contributed by atoms with Crippen molar-refractivity contribution < 1.29 is 24.2 Å². The number of methoxy groups -OCH3 is 1. The van der Waals surface area contributed by atoms with Crippen LogP contribution in [0.3, 0.4) is 0 Å². The largest absolute Gasteiger partial charge is 0.504 e. The maximum atomic E-state index is 13.0. The smallest absolute Gasteiger partial charge is 0.302 e. The van der Waals surface area contributed by atoms with Gasteiger partial charge in [0.25, 0.3) is 0 Å². The molecule has 8 nitrogen and oxygen atoms in total. The van der Waals surface area contributed by atoms with E-state index in [9.17, 15) is 14.7 Å². The van der Waals surface area contributed by atoms with Gasteiger partial charge in [0.2, 0.25) is 0 Å². The normalized spacial score (nSPS) is 20.1. The summed E-state index contributed by atoms with van der Waals surface area (Å²) in [5, 5.41) is 13.0. The van der Waals surface area contributed by atoms with Crippen LogP contribution in [0.2, 0.25) is 0 Å². The monoisotopic (exact) mass is 587 g/mol. The zero-order chi connectivity index (χ0) is 30.8. The Bertz CT molecular complexity index is 1400. The second-order valence-corrected chi connectivity index (χ2v) is 11.7. The minimum atomic E-state index is -0.488. The first kappa shape index (κ1) is 31.7. The summed E-state index contributed by atoms with van der Waals surface area (Å²) >= 11 is 0. The number of dihydropyridines is 1. The van der Waals surface area contributed by atoms with E-state index in [1.54, 1.807) is 18.2 Å². The molecule has 0 bridgehead atoms. The summed E-state index contributed by atoms with van der Waals surface area (Å²) in [5.74, 6) is 1.09. The molecule has 0 saturated carbocycles. The van der Waals surface area contributed by atoms with Gasteiger partial charge in [0.15, 0.2) is 11.5 Å². The minimum Gasteiger partial charge on any atom is -0.504 e. The number of rotatable bonds is 15. The van der Waals surface area contributed by atoms with E-state index >= 15 is 0 Å². The van der Waals surface area contributed by atoms with Crippen molar-refractivity contribution in [2.24, 2.45) is 17.1 Å². The second kappa shape index (κ2) is 14.8. The fourth-order valence-corrected chi connectivity index (χ4v) is 6.07. The molecule has 1 aliphatic carbocycles. The maximum Gasteiger partial charge on any atom is 0.302 e. The van der Waals surface area contributed by atoms with Gasteiger partial charge in [-0.05, 0) is 90.3 Å². The molecule has 230 valence electrons. The molecule has 0 radical (unpaired) electrons. The van der Waals surface area contributed by atoms with Gasteiger partial charge < -0.3 is 30.6 Å². The SMILES string of the molecule is COc1cc(CCC(=O)C[C@@H](CC[C@]2(Cc3c[nH]cc3CCC3=CCNC(N)=C3)C=CC=C[C@@H]2C)OC(C)=O)ccc1O. The lowest BCUT2D eigenvalue weighted by Crippen LogP contribution is -2.32. The van der Waals surface area contributed by atoms with Crippen LogP contribution >= 0.6 is 0 Å². The number of aryl methyl sites for hydroxylation is 2. The van der Waals surface area contributed by atoms with E-state index in [2.05, 4.69) is 60.0 Å². The first-order chi connectivity index (χ1) is 20.7. The highest BCUT2D eigenvalue weighted by molar-refractivity contribution is 5.79. The molecular formula is C35H45N3O5. The van der Waals surface area contributed by atoms with Crippen LogP contribution in [0.25, 0.3) is 0 Å². The second-order valence-electron chi connectivity index (χ2n) is 11.7. The number of nitrogens with two attached hydrogens (primary N) is 1. The topological polar surface area (TPSA) is 127 Å². The number of ether oxygens (including phenoxy) is 2. The number of aromatic hydroxyl groups is 1. The highest BCUT2D eigenvalue weighted by atomic mass is 16.5. The number of phenolic OH excluding ortho intramolecular Hbond substituents is 1. The average molecular weight is 588 g/mol. The Morgan fingerprint density at radius 2 is 1.98 bits per heavy atom. The number of esters is 1. The zero-order valence-corrected chi connectivity index (χ0v) is 25.5. The van der Waals surface area contributed by atoms with Crippen LogP contribution in [0.4, 0.5) is 0 Å². The van der Waals surface area contributed by atoms with Crippen LogP contribution in [0.5, 0.6) is 11.5 Å². The molecule has 1 aliphatic heterocycles. The van der Waals surface area contributed by atoms with Gasteiger partial charge in [0.05, 0.1) is 12.9 Å². The summed E-state index contributed by atoms with van der Waals surface area (Å²) in [6.45, 7) is 4.39. The van der Waals surface area contributed by atoms with Gasteiger partial charge in [-0.3, -0.25) is 9.59 Å². The van der Waals surface area contributed by atoms with E-state index in [0.717, 1.165) is 37.8 Å². The molecule has 0 spiro atoms. The third kappa shape index (κ3) is 8.89. The summed E-state index contributed by atoms with van der Waals surface area (Å²) in [4.78, 5) is 28.4. The van der Waals surface area contributed by atoms with Crippen LogP contribution in [-0.4, -0.2) is 41.6 Å². The van der Waals surface area contributed by atoms with Crippen molar-refractivity contribution in [1.29, 1.82) is 0 Å². The lowest BCUT2D eigenvalue weighted by atomic mass is 9.66. The Morgan fingerprint density at radius 1 is 1.16 bits per heavy atom. The highest BCUT2D eigenvalue weighted by Gasteiger charge is 2.35. The maximum absolute atomic E-state index is 13.0. The number of allylic oxidation sites excluding steroid dienone is 6. The molecule has 4 rings (SSSR count). The molecule has 8 heteroatoms. The molecule has 0 amide bonds. The fourth-order valence-electron chi connectivity index (χ4n) is 6.07. The van der Waals surface area contributed by atoms with Gasteiger partial charge in [-0.1, -0.05) is 43.4 Å². The van der Waals surface area contributed by atoms with E-state index in [0.29, 0.717) is 30.8 Å². The Balaban J connectivity index is 1.41. The van der Waals surface area contributed by atoms with Gasteiger partial charge in [-0.25, -0.2) is 0 Å². The highest BCUT2D eigenvalue weighted by Crippen LogP contribution is 2.42. The van der Waals surface area contributed by atoms with Crippen molar-refractivity contribution >= 4 is 11.8 Å². The molecule has 0 fully saturated rings. The molecule has 0 unspecified atom stereocenters. The average Bonchev–Trinajstić information content (AvgIpc) is 3.42. The standard InChI is InChI=1S/C35H45N3O5/c1-24-6-4-5-15-35(24,21-29-23-37-22-28(29)10-7-27-14-17-38-34(36)19-27)16-13-31(43-25(2)39)20-30(40)11-8-26-9-12-32(41)33(18-26)42-3/h4-6,9,12,14-15,18-19,22-24,31,37-38,41H,7-8,10-11,13,16-17,20-21,36H2,1-3H3/t24-,31+,35-/m0/s1. The molecule has 2 aromatic rings. The molecule has 43 heavy (non-hydrogen) atoms. The van der Waals surface area contributed by atoms with Gasteiger partial charge in [0.1, 0.15) is 11.9 Å². The van der Waals surface area contributed by atoms with E-state index in [4.69, 9.17) is 15.2 Å². The number of hydrogen-bond acceptors (Lipinski definition) is 7. The van der Waals surface area contributed by atoms with Crippen LogP contribution in [0.1, 0.15) is 62.6 Å². The number of Topliss-reactive ketones (excluding diaryl/α,β-unsaturated/α-hetero) is 1. The number of benzene rings is 1. The van der Waals surface area contributed by atoms with Crippen molar-refractivity contribution in [3.63, 3.8) is 0 Å². The Kier molecular flexibility index (Phi) is 10.9. The van der Waals surface area contributed by atoms with Crippen molar-refractivity contribution in [3.05, 3.63) is 95.1 Å². The van der Waals surface area contributed by atoms with Gasteiger partial charge >= 0.3 is 5.97 Å².